The van der Waals surface area contributed by atoms with Crippen LogP contribution in [0.1, 0.15) is 10.4 Å². The van der Waals surface area contributed by atoms with Crippen molar-refractivity contribution in [2.45, 2.75) is 13.0 Å². The highest BCUT2D eigenvalue weighted by Gasteiger charge is 2.14. The van der Waals surface area contributed by atoms with E-state index in [2.05, 4.69) is 0 Å². The second-order valence-corrected chi connectivity index (χ2v) is 6.82. The van der Waals surface area contributed by atoms with Crippen LogP contribution in [0.4, 0.5) is 0 Å². The topological polar surface area (TPSA) is 29.5 Å². The molecule has 0 saturated carbocycles. The van der Waals surface area contributed by atoms with Gasteiger partial charge in [0.15, 0.2) is 0 Å². The molecule has 0 spiro atoms. The van der Waals surface area contributed by atoms with E-state index in [1.807, 2.05) is 12.1 Å². The van der Waals surface area contributed by atoms with E-state index in [9.17, 15) is 4.79 Å². The van der Waals surface area contributed by atoms with Crippen LogP contribution in [0.15, 0.2) is 30.3 Å². The lowest BCUT2D eigenvalue weighted by Crippen LogP contribution is -2.27. The van der Waals surface area contributed by atoms with Gasteiger partial charge in [-0.05, 0) is 30.3 Å². The molecule has 1 amide bonds. The van der Waals surface area contributed by atoms with Crippen LogP contribution < -0.4 is 4.74 Å². The second kappa shape index (κ2) is 7.16. The molecule has 0 aliphatic carbocycles. The summed E-state index contributed by atoms with van der Waals surface area (Å²) >= 11 is 13.3. The molecule has 0 radical (unpaired) electrons. The number of thiophene rings is 1. The summed E-state index contributed by atoms with van der Waals surface area (Å²) in [5, 5.41) is 0.589. The third-order valence-electron chi connectivity index (χ3n) is 3.03. The van der Waals surface area contributed by atoms with Crippen molar-refractivity contribution in [3.63, 3.8) is 0 Å². The number of hydrogen-bond acceptors (Lipinski definition) is 3. The number of rotatable bonds is 5. The van der Waals surface area contributed by atoms with Crippen LogP contribution in [0.25, 0.3) is 0 Å². The summed E-state index contributed by atoms with van der Waals surface area (Å²) in [5.74, 6) is 0.667. The minimum atomic E-state index is 0.0000825. The van der Waals surface area contributed by atoms with Crippen molar-refractivity contribution in [3.8, 4) is 5.75 Å². The highest BCUT2D eigenvalue weighted by Crippen LogP contribution is 2.25. The van der Waals surface area contributed by atoms with Crippen LogP contribution in [0, 0.1) is 0 Å². The van der Waals surface area contributed by atoms with Crippen LogP contribution in [0.3, 0.4) is 0 Å². The van der Waals surface area contributed by atoms with Gasteiger partial charge in [0.2, 0.25) is 5.91 Å². The van der Waals surface area contributed by atoms with Gasteiger partial charge in [0, 0.05) is 22.5 Å². The van der Waals surface area contributed by atoms with E-state index < -0.39 is 0 Å². The molecule has 21 heavy (non-hydrogen) atoms. The van der Waals surface area contributed by atoms with Crippen molar-refractivity contribution in [2.24, 2.45) is 0 Å². The zero-order valence-corrected chi connectivity index (χ0v) is 14.1. The van der Waals surface area contributed by atoms with E-state index in [0.29, 0.717) is 17.3 Å². The van der Waals surface area contributed by atoms with Crippen LogP contribution in [0.2, 0.25) is 9.36 Å². The number of amides is 1. The Labute approximate surface area is 138 Å². The molecule has 2 aromatic rings. The van der Waals surface area contributed by atoms with E-state index in [0.717, 1.165) is 14.8 Å². The zero-order chi connectivity index (χ0) is 15.4. The fourth-order valence-electron chi connectivity index (χ4n) is 1.94. The van der Waals surface area contributed by atoms with Crippen LogP contribution >= 0.6 is 34.5 Å². The number of benzene rings is 1. The SMILES string of the molecule is COc1ccc(Cl)cc1CC(=O)N(C)Cc1ccc(Cl)s1. The molecule has 0 atom stereocenters. The molecule has 1 aromatic carbocycles. The molecule has 6 heteroatoms. The molecular formula is C15H15Cl2NO2S. The predicted octanol–water partition coefficient (Wildman–Crippen LogP) is 4.26. The first-order valence-electron chi connectivity index (χ1n) is 6.30. The van der Waals surface area contributed by atoms with Crippen LogP contribution in [0.5, 0.6) is 5.75 Å². The van der Waals surface area contributed by atoms with Gasteiger partial charge in [-0.25, -0.2) is 0 Å². The maximum Gasteiger partial charge on any atom is 0.227 e. The van der Waals surface area contributed by atoms with Crippen LogP contribution in [-0.2, 0) is 17.8 Å². The summed E-state index contributed by atoms with van der Waals surface area (Å²) in [6, 6.07) is 9.03. The van der Waals surface area contributed by atoms with E-state index in [4.69, 9.17) is 27.9 Å². The lowest BCUT2D eigenvalue weighted by Gasteiger charge is -2.17. The molecule has 2 rings (SSSR count). The molecule has 0 N–H and O–H groups in total. The maximum atomic E-state index is 12.3. The normalized spacial score (nSPS) is 10.5. The molecule has 0 aliphatic heterocycles. The summed E-state index contributed by atoms with van der Waals surface area (Å²) in [5.41, 5.74) is 0.783. The quantitative estimate of drug-likeness (QED) is 0.811. The Kier molecular flexibility index (Phi) is 5.51. The maximum absolute atomic E-state index is 12.3. The number of hydrogen-bond donors (Lipinski definition) is 0. The summed E-state index contributed by atoms with van der Waals surface area (Å²) in [7, 11) is 3.35. The zero-order valence-electron chi connectivity index (χ0n) is 11.7. The first-order chi connectivity index (χ1) is 9.99. The minimum Gasteiger partial charge on any atom is -0.496 e. The fourth-order valence-corrected chi connectivity index (χ4v) is 3.28. The second-order valence-electron chi connectivity index (χ2n) is 4.59. The van der Waals surface area contributed by atoms with Gasteiger partial charge >= 0.3 is 0 Å². The Balaban J connectivity index is 2.05. The van der Waals surface area contributed by atoms with E-state index >= 15 is 0 Å². The Morgan fingerprint density at radius 3 is 2.67 bits per heavy atom. The molecule has 0 saturated heterocycles. The molecular weight excluding hydrogens is 329 g/mol. The summed E-state index contributed by atoms with van der Waals surface area (Å²) in [4.78, 5) is 15.0. The Morgan fingerprint density at radius 1 is 1.29 bits per heavy atom. The molecule has 1 heterocycles. The standard InChI is InChI=1S/C15H15Cl2NO2S/c1-18(9-12-4-6-14(17)21-12)15(19)8-10-7-11(16)3-5-13(10)20-2/h3-7H,8-9H2,1-2H3. The number of likely N-dealkylation sites (N-methyl/N-ethyl adjacent to an activating group) is 1. The molecule has 0 fully saturated rings. The predicted molar refractivity (Wildman–Crippen MR) is 87.5 cm³/mol. The van der Waals surface area contributed by atoms with Crippen molar-refractivity contribution in [1.82, 2.24) is 4.90 Å². The third kappa shape index (κ3) is 4.37. The molecule has 0 bridgehead atoms. The summed E-state index contributed by atoms with van der Waals surface area (Å²) < 4.78 is 5.98. The van der Waals surface area contributed by atoms with Crippen molar-refractivity contribution >= 4 is 40.4 Å². The Bertz CT molecular complexity index is 642. The smallest absolute Gasteiger partial charge is 0.227 e. The summed E-state index contributed by atoms with van der Waals surface area (Å²) in [6.45, 7) is 0.541. The van der Waals surface area contributed by atoms with E-state index in [-0.39, 0.29) is 12.3 Å². The van der Waals surface area contributed by atoms with Gasteiger partial charge in [0.1, 0.15) is 5.75 Å². The van der Waals surface area contributed by atoms with Gasteiger partial charge in [0.05, 0.1) is 24.4 Å². The molecule has 0 unspecified atom stereocenters. The van der Waals surface area contributed by atoms with E-state index in [1.54, 1.807) is 37.3 Å². The minimum absolute atomic E-state index is 0.0000825. The largest absolute Gasteiger partial charge is 0.496 e. The lowest BCUT2D eigenvalue weighted by molar-refractivity contribution is -0.129. The van der Waals surface area contributed by atoms with Crippen molar-refractivity contribution in [1.29, 1.82) is 0 Å². The summed E-state index contributed by atoms with van der Waals surface area (Å²) in [6.07, 6.45) is 0.249. The van der Waals surface area contributed by atoms with Gasteiger partial charge < -0.3 is 9.64 Å². The number of methoxy groups -OCH3 is 1. The number of halogens is 2. The highest BCUT2D eigenvalue weighted by atomic mass is 35.5. The van der Waals surface area contributed by atoms with Crippen molar-refractivity contribution < 1.29 is 9.53 Å². The van der Waals surface area contributed by atoms with Gasteiger partial charge in [-0.1, -0.05) is 23.2 Å². The van der Waals surface area contributed by atoms with Crippen molar-refractivity contribution in [2.75, 3.05) is 14.2 Å². The molecule has 3 nitrogen and oxygen atoms in total. The monoisotopic (exact) mass is 343 g/mol. The first-order valence-corrected chi connectivity index (χ1v) is 7.87. The average Bonchev–Trinajstić information content (AvgIpc) is 2.84. The lowest BCUT2D eigenvalue weighted by atomic mass is 10.1. The van der Waals surface area contributed by atoms with Crippen LogP contribution in [-0.4, -0.2) is 25.0 Å². The first kappa shape index (κ1) is 16.1. The molecule has 112 valence electrons. The molecule has 0 aliphatic rings. The highest BCUT2D eigenvalue weighted by molar-refractivity contribution is 7.16. The van der Waals surface area contributed by atoms with Crippen molar-refractivity contribution in [3.05, 3.63) is 50.1 Å². The number of carbonyl (C=O) groups is 1. The molecule has 1 aromatic heterocycles. The Hall–Kier alpha value is -1.23. The third-order valence-corrected chi connectivity index (χ3v) is 4.48. The Morgan fingerprint density at radius 2 is 2.05 bits per heavy atom. The van der Waals surface area contributed by atoms with Gasteiger partial charge in [0.25, 0.3) is 0 Å². The average molecular weight is 344 g/mol. The number of ether oxygens (including phenoxy) is 1. The fraction of sp³-hybridized carbons (Fsp3) is 0.267. The number of nitrogens with zero attached hydrogens (tertiary/aromatic N) is 1. The van der Waals surface area contributed by atoms with Gasteiger partial charge in [-0.15, -0.1) is 11.3 Å². The van der Waals surface area contributed by atoms with Gasteiger partial charge in [-0.2, -0.15) is 0 Å². The van der Waals surface area contributed by atoms with E-state index in [1.165, 1.54) is 11.3 Å². The number of carbonyl (C=O) groups excluding carboxylic acids is 1. The van der Waals surface area contributed by atoms with Gasteiger partial charge in [-0.3, -0.25) is 4.79 Å².